The number of hydrogen-bond donors (Lipinski definition) is 0. The van der Waals surface area contributed by atoms with E-state index in [1.165, 1.54) is 7.11 Å². The summed E-state index contributed by atoms with van der Waals surface area (Å²) in [6.07, 6.45) is 13.7. The number of hydrogen-bond acceptors (Lipinski definition) is 4. The Balaban J connectivity index is 1.86. The lowest BCUT2D eigenvalue weighted by atomic mass is 9.91. The molecule has 3 aromatic carbocycles. The van der Waals surface area contributed by atoms with Gasteiger partial charge >= 0.3 is 5.97 Å². The van der Waals surface area contributed by atoms with Crippen molar-refractivity contribution < 1.29 is 14.3 Å². The summed E-state index contributed by atoms with van der Waals surface area (Å²) >= 11 is 1.69. The largest absolute Gasteiger partial charge is 0.482 e. The number of esters is 1. The average Bonchev–Trinajstić information content (AvgIpc) is 2.86. The number of terminal acetylenes is 2. The maximum Gasteiger partial charge on any atom is 0.343 e. The monoisotopic (exact) mass is 452 g/mol. The third-order valence-electron chi connectivity index (χ3n) is 5.00. The van der Waals surface area contributed by atoms with Crippen molar-refractivity contribution in [1.29, 1.82) is 0 Å². The molecule has 3 rings (SSSR count). The van der Waals surface area contributed by atoms with Crippen LogP contribution in [0.15, 0.2) is 77.7 Å². The van der Waals surface area contributed by atoms with Gasteiger partial charge in [-0.3, -0.25) is 0 Å². The molecule has 0 spiro atoms. The predicted octanol–water partition coefficient (Wildman–Crippen LogP) is 5.73. The molecule has 0 aliphatic heterocycles. The van der Waals surface area contributed by atoms with Crippen LogP contribution in [0, 0.1) is 31.6 Å². The zero-order chi connectivity index (χ0) is 23.6. The minimum atomic E-state index is -0.412. The molecule has 0 aliphatic carbocycles. The van der Waals surface area contributed by atoms with Crippen molar-refractivity contribution in [2.75, 3.05) is 19.5 Å². The second-order valence-electron chi connectivity index (χ2n) is 7.10. The van der Waals surface area contributed by atoms with Crippen molar-refractivity contribution in [3.05, 3.63) is 101 Å². The van der Waals surface area contributed by atoms with Crippen molar-refractivity contribution in [3.8, 4) is 30.4 Å². The highest BCUT2D eigenvalue weighted by atomic mass is 32.2. The Labute approximate surface area is 199 Å². The first-order valence-electron chi connectivity index (χ1n) is 10.3. The molecule has 3 nitrogen and oxygen atoms in total. The summed E-state index contributed by atoms with van der Waals surface area (Å²) in [7, 11) is 1.34. The summed E-state index contributed by atoms with van der Waals surface area (Å²) in [5, 5.41) is 0. The lowest BCUT2D eigenvalue weighted by molar-refractivity contribution is -0.142. The highest BCUT2D eigenvalue weighted by molar-refractivity contribution is 7.99. The third kappa shape index (κ3) is 6.10. The van der Waals surface area contributed by atoms with Crippen LogP contribution in [0.25, 0.3) is 5.57 Å². The standard InChI is InChI=1S/C29H24O3S/c1-5-22-11-7-9-13-25(22)27(26-14-10-8-12-23(26)6-2)17-18-33-24-15-16-28(21(3)19-24)32-20-29(30)31-4/h1-2,7-17,19H,18,20H2,3-4H3. The highest BCUT2D eigenvalue weighted by Gasteiger charge is 2.12. The minimum absolute atomic E-state index is 0.112. The molecule has 0 N–H and O–H groups in total. The predicted molar refractivity (Wildman–Crippen MR) is 135 cm³/mol. The molecule has 0 radical (unpaired) electrons. The molecule has 164 valence electrons. The summed E-state index contributed by atoms with van der Waals surface area (Å²) < 4.78 is 10.1. The van der Waals surface area contributed by atoms with Crippen molar-refractivity contribution in [1.82, 2.24) is 0 Å². The summed E-state index contributed by atoms with van der Waals surface area (Å²) in [6.45, 7) is 1.84. The second kappa shape index (κ2) is 11.7. The number of aryl methyl sites for hydroxylation is 1. The summed E-state index contributed by atoms with van der Waals surface area (Å²) in [5.74, 6) is 6.53. The van der Waals surface area contributed by atoms with E-state index in [4.69, 9.17) is 17.6 Å². The molecule has 4 heteroatoms. The van der Waals surface area contributed by atoms with E-state index < -0.39 is 5.97 Å². The Hall–Kier alpha value is -3.86. The zero-order valence-electron chi connectivity index (χ0n) is 18.6. The molecular weight excluding hydrogens is 428 g/mol. The van der Waals surface area contributed by atoms with Crippen molar-refractivity contribution >= 4 is 23.3 Å². The van der Waals surface area contributed by atoms with Gasteiger partial charge in [-0.2, -0.15) is 0 Å². The van der Waals surface area contributed by atoms with E-state index in [2.05, 4.69) is 22.7 Å². The molecule has 0 unspecified atom stereocenters. The number of carbonyl (C=O) groups excluding carboxylic acids is 1. The molecule has 3 aromatic rings. The summed E-state index contributed by atoms with van der Waals surface area (Å²) in [6, 6.07) is 21.6. The molecule has 0 fully saturated rings. The molecule has 0 aliphatic rings. The van der Waals surface area contributed by atoms with E-state index in [1.54, 1.807) is 11.8 Å². The van der Waals surface area contributed by atoms with Gasteiger partial charge in [-0.05, 0) is 59.5 Å². The molecular formula is C29H24O3S. The fourth-order valence-electron chi connectivity index (χ4n) is 3.34. The fraction of sp³-hybridized carbons (Fsp3) is 0.138. The van der Waals surface area contributed by atoms with Crippen LogP contribution >= 0.6 is 11.8 Å². The van der Waals surface area contributed by atoms with Crippen molar-refractivity contribution in [2.45, 2.75) is 11.8 Å². The first kappa shape index (κ1) is 23.8. The Morgan fingerprint density at radius 2 is 1.58 bits per heavy atom. The number of benzene rings is 3. The Bertz CT molecular complexity index is 1200. The lowest BCUT2D eigenvalue weighted by Gasteiger charge is -2.13. The van der Waals surface area contributed by atoms with Crippen LogP contribution in [0.3, 0.4) is 0 Å². The van der Waals surface area contributed by atoms with E-state index >= 15 is 0 Å². The molecule has 0 saturated heterocycles. The average molecular weight is 453 g/mol. The van der Waals surface area contributed by atoms with Crippen LogP contribution in [0.1, 0.15) is 27.8 Å². The third-order valence-corrected chi connectivity index (χ3v) is 5.92. The topological polar surface area (TPSA) is 35.5 Å². The Morgan fingerprint density at radius 3 is 2.12 bits per heavy atom. The number of carbonyl (C=O) groups is 1. The first-order chi connectivity index (χ1) is 16.1. The number of rotatable bonds is 8. The number of thioether (sulfide) groups is 1. The van der Waals surface area contributed by atoms with Gasteiger partial charge in [0.25, 0.3) is 0 Å². The van der Waals surface area contributed by atoms with Gasteiger partial charge in [0.1, 0.15) is 5.75 Å². The fourth-order valence-corrected chi connectivity index (χ4v) is 4.21. The highest BCUT2D eigenvalue weighted by Crippen LogP contribution is 2.31. The summed E-state index contributed by atoms with van der Waals surface area (Å²) in [5.41, 5.74) is 5.56. The lowest BCUT2D eigenvalue weighted by Crippen LogP contribution is -2.12. The maximum absolute atomic E-state index is 11.3. The van der Waals surface area contributed by atoms with E-state index in [0.717, 1.165) is 44.0 Å². The SMILES string of the molecule is C#Cc1ccccc1C(=CCSc1ccc(OCC(=O)OC)c(C)c1)c1ccccc1C#C. The van der Waals surface area contributed by atoms with Crippen LogP contribution in [-0.2, 0) is 9.53 Å². The molecule has 0 amide bonds. The smallest absolute Gasteiger partial charge is 0.343 e. The second-order valence-corrected chi connectivity index (χ2v) is 8.19. The van der Waals surface area contributed by atoms with Crippen molar-refractivity contribution in [2.24, 2.45) is 0 Å². The Kier molecular flexibility index (Phi) is 8.42. The normalized spacial score (nSPS) is 9.94. The molecule has 0 aromatic heterocycles. The molecule has 0 heterocycles. The van der Waals surface area contributed by atoms with Crippen molar-refractivity contribution in [3.63, 3.8) is 0 Å². The van der Waals surface area contributed by atoms with Gasteiger partial charge < -0.3 is 9.47 Å². The van der Waals surface area contributed by atoms with E-state index in [1.807, 2.05) is 73.7 Å². The first-order valence-corrected chi connectivity index (χ1v) is 11.3. The van der Waals surface area contributed by atoms with Crippen LogP contribution < -0.4 is 4.74 Å². The van der Waals surface area contributed by atoms with Gasteiger partial charge in [-0.1, -0.05) is 54.3 Å². The van der Waals surface area contributed by atoms with Gasteiger partial charge in [-0.15, -0.1) is 24.6 Å². The number of methoxy groups -OCH3 is 1. The van der Waals surface area contributed by atoms with Crippen LogP contribution in [0.4, 0.5) is 0 Å². The van der Waals surface area contributed by atoms with Gasteiger partial charge in [0.05, 0.1) is 7.11 Å². The number of ether oxygens (including phenoxy) is 2. The van der Waals surface area contributed by atoms with E-state index in [9.17, 15) is 4.79 Å². The van der Waals surface area contributed by atoms with E-state index in [0.29, 0.717) is 5.75 Å². The minimum Gasteiger partial charge on any atom is -0.482 e. The zero-order valence-corrected chi connectivity index (χ0v) is 19.4. The molecule has 0 atom stereocenters. The van der Waals surface area contributed by atoms with Gasteiger partial charge in [0, 0.05) is 21.8 Å². The maximum atomic E-state index is 11.3. The Morgan fingerprint density at radius 1 is 0.970 bits per heavy atom. The summed E-state index contributed by atoms with van der Waals surface area (Å²) in [4.78, 5) is 12.4. The molecule has 33 heavy (non-hydrogen) atoms. The van der Waals surface area contributed by atoms with Crippen LogP contribution in [-0.4, -0.2) is 25.4 Å². The van der Waals surface area contributed by atoms with Crippen LogP contribution in [0.2, 0.25) is 0 Å². The van der Waals surface area contributed by atoms with E-state index in [-0.39, 0.29) is 6.61 Å². The van der Waals surface area contributed by atoms with Gasteiger partial charge in [0.15, 0.2) is 6.61 Å². The molecule has 0 saturated carbocycles. The van der Waals surface area contributed by atoms with Gasteiger partial charge in [0.2, 0.25) is 0 Å². The van der Waals surface area contributed by atoms with Crippen LogP contribution in [0.5, 0.6) is 5.75 Å². The molecule has 0 bridgehead atoms. The quantitative estimate of drug-likeness (QED) is 0.248. The van der Waals surface area contributed by atoms with Gasteiger partial charge in [-0.25, -0.2) is 4.79 Å².